The summed E-state index contributed by atoms with van der Waals surface area (Å²) < 4.78 is 53.1. The van der Waals surface area contributed by atoms with Gasteiger partial charge in [0.1, 0.15) is 17.1 Å². The van der Waals surface area contributed by atoms with Crippen molar-refractivity contribution < 1.29 is 41.8 Å². The fourth-order valence-electron chi connectivity index (χ4n) is 3.85. The Balaban J connectivity index is 1.50. The van der Waals surface area contributed by atoms with E-state index in [0.717, 1.165) is 46.2 Å². The molecular weight excluding hydrogens is 505 g/mol. The van der Waals surface area contributed by atoms with Gasteiger partial charge in [0.2, 0.25) is 0 Å². The maximum Gasteiger partial charge on any atom is 0.420 e. The molecule has 2 heterocycles. The molecule has 0 fully saturated rings. The van der Waals surface area contributed by atoms with E-state index in [0.29, 0.717) is 0 Å². The molecule has 0 aromatic heterocycles. The quantitative estimate of drug-likeness (QED) is 0.418. The molecule has 2 aliphatic heterocycles. The van der Waals surface area contributed by atoms with Gasteiger partial charge in [-0.2, -0.15) is 13.2 Å². The molecule has 0 spiro atoms. The van der Waals surface area contributed by atoms with Gasteiger partial charge in [-0.25, -0.2) is 9.80 Å². The Morgan fingerprint density at radius 2 is 1.03 bits per heavy atom. The molecule has 11 heteroatoms. The van der Waals surface area contributed by atoms with Crippen molar-refractivity contribution in [2.24, 2.45) is 0 Å². The minimum atomic E-state index is -4.82. The summed E-state index contributed by atoms with van der Waals surface area (Å²) in [6.07, 6.45) is -0.467. The zero-order chi connectivity index (χ0) is 27.0. The second kappa shape index (κ2) is 9.36. The molecule has 0 N–H and O–H groups in total. The van der Waals surface area contributed by atoms with Crippen molar-refractivity contribution >= 4 is 35.0 Å². The molecule has 2 aliphatic rings. The summed E-state index contributed by atoms with van der Waals surface area (Å²) in [7, 11) is 0. The number of ether oxygens (including phenoxy) is 2. The third-order valence-electron chi connectivity index (χ3n) is 5.50. The van der Waals surface area contributed by atoms with Gasteiger partial charge < -0.3 is 9.47 Å². The molecule has 0 radical (unpaired) electrons. The monoisotopic (exact) mass is 520 g/mol. The summed E-state index contributed by atoms with van der Waals surface area (Å²) >= 11 is 0. The van der Waals surface area contributed by atoms with Crippen LogP contribution in [0.4, 0.5) is 24.5 Å². The van der Waals surface area contributed by atoms with Gasteiger partial charge in [0, 0.05) is 36.4 Å². The summed E-state index contributed by atoms with van der Waals surface area (Å²) in [5.74, 6) is -3.38. The van der Waals surface area contributed by atoms with E-state index in [1.165, 1.54) is 54.6 Å². The zero-order valence-corrected chi connectivity index (χ0v) is 19.1. The predicted octanol–water partition coefficient (Wildman–Crippen LogP) is 5.15. The van der Waals surface area contributed by atoms with Crippen molar-refractivity contribution in [3.63, 3.8) is 0 Å². The van der Waals surface area contributed by atoms with Gasteiger partial charge in [0.05, 0.1) is 11.4 Å². The van der Waals surface area contributed by atoms with Gasteiger partial charge in [-0.1, -0.05) is 18.2 Å². The number of nitrogens with zero attached hydrogens (tertiary/aromatic N) is 2. The first-order valence-electron chi connectivity index (χ1n) is 11.0. The van der Waals surface area contributed by atoms with Crippen LogP contribution >= 0.6 is 0 Å². The highest BCUT2D eigenvalue weighted by atomic mass is 19.4. The average molecular weight is 520 g/mol. The molecule has 3 aromatic rings. The molecule has 4 amide bonds. The van der Waals surface area contributed by atoms with Gasteiger partial charge in [-0.05, 0) is 36.4 Å². The Morgan fingerprint density at radius 3 is 1.50 bits per heavy atom. The van der Waals surface area contributed by atoms with Gasteiger partial charge in [-0.15, -0.1) is 0 Å². The number of hydrogen-bond donors (Lipinski definition) is 0. The minimum Gasteiger partial charge on any atom is -0.453 e. The summed E-state index contributed by atoms with van der Waals surface area (Å²) in [5.41, 5.74) is -0.866. The number of benzene rings is 3. The lowest BCUT2D eigenvalue weighted by atomic mass is 10.1. The summed E-state index contributed by atoms with van der Waals surface area (Å²) in [4.78, 5) is 49.8. The van der Waals surface area contributed by atoms with Gasteiger partial charge >= 0.3 is 6.18 Å². The molecule has 0 bridgehead atoms. The molecule has 0 aliphatic carbocycles. The highest BCUT2D eigenvalue weighted by Gasteiger charge is 2.36. The van der Waals surface area contributed by atoms with Crippen LogP contribution in [0.25, 0.3) is 0 Å². The molecule has 190 valence electrons. The molecule has 5 rings (SSSR count). The highest BCUT2D eigenvalue weighted by Crippen LogP contribution is 2.45. The first kappa shape index (κ1) is 24.5. The Kier molecular flexibility index (Phi) is 6.03. The topological polar surface area (TPSA) is 93.2 Å². The number of para-hydroxylation sites is 1. The number of carbonyl (C=O) groups is 4. The second-order valence-electron chi connectivity index (χ2n) is 8.02. The maximum atomic E-state index is 13.9. The van der Waals surface area contributed by atoms with Crippen molar-refractivity contribution in [2.75, 3.05) is 9.80 Å². The van der Waals surface area contributed by atoms with Crippen LogP contribution in [0.1, 0.15) is 5.56 Å². The first-order valence-corrected chi connectivity index (χ1v) is 11.0. The van der Waals surface area contributed by atoms with E-state index in [1.54, 1.807) is 0 Å². The molecule has 0 saturated heterocycles. The fourth-order valence-corrected chi connectivity index (χ4v) is 3.85. The summed E-state index contributed by atoms with van der Waals surface area (Å²) in [6.45, 7) is 0. The van der Waals surface area contributed by atoms with E-state index in [1.807, 2.05) is 0 Å². The van der Waals surface area contributed by atoms with Crippen molar-refractivity contribution in [2.45, 2.75) is 6.18 Å². The number of alkyl halides is 3. The SMILES string of the molecule is O=C1C=CC(=O)N1c1cccc(Oc2cccc(C(F)(F)F)c2Oc2cccc(N3C(=O)C=CC3=O)c2)c1. The highest BCUT2D eigenvalue weighted by molar-refractivity contribution is 6.28. The number of carbonyl (C=O) groups excluding carboxylic acids is 4. The lowest BCUT2D eigenvalue weighted by Crippen LogP contribution is -2.29. The van der Waals surface area contributed by atoms with Gasteiger partial charge in [-0.3, -0.25) is 19.2 Å². The molecule has 38 heavy (non-hydrogen) atoms. The van der Waals surface area contributed by atoms with Crippen LogP contribution in [0.3, 0.4) is 0 Å². The van der Waals surface area contributed by atoms with Crippen LogP contribution in [0.15, 0.2) is 91.0 Å². The smallest absolute Gasteiger partial charge is 0.420 e. The number of anilines is 2. The van der Waals surface area contributed by atoms with Gasteiger partial charge in [0.25, 0.3) is 23.6 Å². The van der Waals surface area contributed by atoms with E-state index >= 15 is 0 Å². The van der Waals surface area contributed by atoms with Crippen LogP contribution in [-0.2, 0) is 25.4 Å². The zero-order valence-electron chi connectivity index (χ0n) is 19.1. The number of halogens is 3. The van der Waals surface area contributed by atoms with E-state index in [-0.39, 0.29) is 28.6 Å². The Morgan fingerprint density at radius 1 is 0.579 bits per heavy atom. The second-order valence-corrected chi connectivity index (χ2v) is 8.02. The van der Waals surface area contributed by atoms with Crippen LogP contribution < -0.4 is 19.3 Å². The normalized spacial score (nSPS) is 15.1. The molecule has 8 nitrogen and oxygen atoms in total. The number of hydrogen-bond acceptors (Lipinski definition) is 6. The lowest BCUT2D eigenvalue weighted by molar-refractivity contribution is -0.138. The minimum absolute atomic E-state index is 0.0345. The first-order chi connectivity index (χ1) is 18.1. The largest absolute Gasteiger partial charge is 0.453 e. The fraction of sp³-hybridized carbons (Fsp3) is 0.0370. The van der Waals surface area contributed by atoms with Crippen molar-refractivity contribution in [1.29, 1.82) is 0 Å². The van der Waals surface area contributed by atoms with Crippen LogP contribution in [0.5, 0.6) is 23.0 Å². The van der Waals surface area contributed by atoms with Crippen molar-refractivity contribution in [3.8, 4) is 23.0 Å². The third-order valence-corrected chi connectivity index (χ3v) is 5.50. The molecule has 0 unspecified atom stereocenters. The molecule has 3 aromatic carbocycles. The Hall–Kier alpha value is -5.19. The number of imide groups is 2. The van der Waals surface area contributed by atoms with Crippen LogP contribution in [0, 0.1) is 0 Å². The Bertz CT molecular complexity index is 1520. The Labute approximate surface area is 212 Å². The van der Waals surface area contributed by atoms with E-state index in [2.05, 4.69) is 0 Å². The summed E-state index contributed by atoms with van der Waals surface area (Å²) in [5, 5.41) is 0. The molecular formula is C27H15F3N2O6. The van der Waals surface area contributed by atoms with E-state index < -0.39 is 41.1 Å². The van der Waals surface area contributed by atoms with Gasteiger partial charge in [0.15, 0.2) is 11.5 Å². The third kappa shape index (κ3) is 4.64. The van der Waals surface area contributed by atoms with Crippen molar-refractivity contribution in [3.05, 3.63) is 96.6 Å². The number of rotatable bonds is 6. The molecule has 0 saturated carbocycles. The van der Waals surface area contributed by atoms with Crippen LogP contribution in [-0.4, -0.2) is 23.6 Å². The maximum absolute atomic E-state index is 13.9. The average Bonchev–Trinajstić information content (AvgIpc) is 3.39. The summed E-state index contributed by atoms with van der Waals surface area (Å²) in [6, 6.07) is 14.4. The van der Waals surface area contributed by atoms with E-state index in [9.17, 15) is 32.3 Å². The van der Waals surface area contributed by atoms with E-state index in [4.69, 9.17) is 9.47 Å². The number of amides is 4. The standard InChI is InChI=1S/C27H15F3N2O6/c28-27(29,30)20-8-3-9-21(37-18-6-1-4-16(14-18)31-22(33)10-11-23(31)34)26(20)38-19-7-2-5-17(15-19)32-24(35)12-13-25(32)36/h1-15H. The lowest BCUT2D eigenvalue weighted by Gasteiger charge is -2.20. The molecule has 0 atom stereocenters. The van der Waals surface area contributed by atoms with Crippen molar-refractivity contribution in [1.82, 2.24) is 0 Å². The van der Waals surface area contributed by atoms with Crippen LogP contribution in [0.2, 0.25) is 0 Å². The predicted molar refractivity (Wildman–Crippen MR) is 128 cm³/mol.